The Morgan fingerprint density at radius 2 is 2.05 bits per heavy atom. The van der Waals surface area contributed by atoms with Crippen LogP contribution in [0.5, 0.6) is 0 Å². The number of piperidine rings is 1. The second-order valence-electron chi connectivity index (χ2n) is 5.85. The van der Waals surface area contributed by atoms with Crippen molar-refractivity contribution in [1.29, 1.82) is 0 Å². The van der Waals surface area contributed by atoms with Gasteiger partial charge in [-0.15, -0.1) is 0 Å². The molecule has 0 bridgehead atoms. The van der Waals surface area contributed by atoms with Gasteiger partial charge in [0.1, 0.15) is 0 Å². The number of carbonyl (C=O) groups excluding carboxylic acids is 2. The zero-order valence-electron chi connectivity index (χ0n) is 12.7. The van der Waals surface area contributed by atoms with E-state index >= 15 is 0 Å². The van der Waals surface area contributed by atoms with Crippen LogP contribution in [0.25, 0.3) is 0 Å². The molecule has 21 heavy (non-hydrogen) atoms. The molecule has 0 radical (unpaired) electrons. The van der Waals surface area contributed by atoms with Gasteiger partial charge in [0.15, 0.2) is 0 Å². The van der Waals surface area contributed by atoms with Crippen LogP contribution in [-0.2, 0) is 16.0 Å². The van der Waals surface area contributed by atoms with Gasteiger partial charge in [0.05, 0.1) is 6.54 Å². The van der Waals surface area contributed by atoms with Crippen molar-refractivity contribution in [2.45, 2.75) is 32.6 Å². The van der Waals surface area contributed by atoms with Gasteiger partial charge in [-0.25, -0.2) is 0 Å². The summed E-state index contributed by atoms with van der Waals surface area (Å²) in [6.45, 7) is 3.93. The summed E-state index contributed by atoms with van der Waals surface area (Å²) in [6.07, 6.45) is 3.39. The molecule has 0 saturated carbocycles. The molecule has 4 heteroatoms. The van der Waals surface area contributed by atoms with Gasteiger partial charge in [0.25, 0.3) is 0 Å². The van der Waals surface area contributed by atoms with E-state index in [2.05, 4.69) is 12.2 Å². The maximum Gasteiger partial charge on any atom is 0.241 e. The average Bonchev–Trinajstić information content (AvgIpc) is 2.51. The molecular formula is C17H24N2O2. The van der Waals surface area contributed by atoms with Crippen molar-refractivity contribution in [2.75, 3.05) is 19.6 Å². The molecule has 114 valence electrons. The van der Waals surface area contributed by atoms with Crippen molar-refractivity contribution < 1.29 is 9.59 Å². The normalized spacial score (nSPS) is 18.3. The van der Waals surface area contributed by atoms with Gasteiger partial charge >= 0.3 is 0 Å². The lowest BCUT2D eigenvalue weighted by molar-refractivity contribution is -0.134. The van der Waals surface area contributed by atoms with Crippen LogP contribution in [0.4, 0.5) is 0 Å². The van der Waals surface area contributed by atoms with Gasteiger partial charge in [-0.3, -0.25) is 9.59 Å². The number of hydrogen-bond acceptors (Lipinski definition) is 2. The van der Waals surface area contributed by atoms with Crippen molar-refractivity contribution in [3.63, 3.8) is 0 Å². The van der Waals surface area contributed by atoms with Gasteiger partial charge in [0.2, 0.25) is 11.8 Å². The molecule has 2 amide bonds. The van der Waals surface area contributed by atoms with Gasteiger partial charge < -0.3 is 10.2 Å². The Morgan fingerprint density at radius 3 is 2.76 bits per heavy atom. The second-order valence-corrected chi connectivity index (χ2v) is 5.85. The van der Waals surface area contributed by atoms with E-state index in [-0.39, 0.29) is 18.4 Å². The van der Waals surface area contributed by atoms with Crippen molar-refractivity contribution in [2.24, 2.45) is 5.92 Å². The predicted octanol–water partition coefficient (Wildman–Crippen LogP) is 1.99. The first-order valence-electron chi connectivity index (χ1n) is 7.73. The van der Waals surface area contributed by atoms with E-state index in [9.17, 15) is 9.59 Å². The number of hydrogen-bond donors (Lipinski definition) is 1. The summed E-state index contributed by atoms with van der Waals surface area (Å²) in [7, 11) is 0. The molecule has 1 aliphatic rings. The Morgan fingerprint density at radius 1 is 1.29 bits per heavy atom. The fraction of sp³-hybridized carbons (Fsp3) is 0.529. The largest absolute Gasteiger partial charge is 0.347 e. The van der Waals surface area contributed by atoms with Gasteiger partial charge in [-0.05, 0) is 30.7 Å². The number of likely N-dealkylation sites (tertiary alicyclic amines) is 1. The molecule has 1 aliphatic heterocycles. The Balaban J connectivity index is 1.67. The first-order valence-corrected chi connectivity index (χ1v) is 7.73. The first-order chi connectivity index (χ1) is 10.1. The Bertz CT molecular complexity index is 473. The molecule has 0 aliphatic carbocycles. The average molecular weight is 288 g/mol. The fourth-order valence-corrected chi connectivity index (χ4v) is 2.69. The molecule has 2 rings (SSSR count). The molecule has 1 aromatic rings. The monoisotopic (exact) mass is 288 g/mol. The molecule has 1 heterocycles. The standard InChI is InChI=1S/C17H24N2O2/c1-14-6-5-11-19(13-14)17(21)12-18-16(20)10-9-15-7-3-2-4-8-15/h2-4,7-8,14H,5-6,9-13H2,1H3,(H,18,20). The number of benzene rings is 1. The topological polar surface area (TPSA) is 49.4 Å². The van der Waals surface area contributed by atoms with Crippen LogP contribution in [0.3, 0.4) is 0 Å². The number of aryl methyl sites for hydroxylation is 1. The minimum absolute atomic E-state index is 0.0367. The summed E-state index contributed by atoms with van der Waals surface area (Å²) >= 11 is 0. The molecule has 1 saturated heterocycles. The Kier molecular flexibility index (Phi) is 5.78. The summed E-state index contributed by atoms with van der Waals surface area (Å²) in [5.74, 6) is 0.545. The van der Waals surface area contributed by atoms with E-state index in [0.717, 1.165) is 25.1 Å². The first kappa shape index (κ1) is 15.5. The molecule has 0 spiro atoms. The van der Waals surface area contributed by atoms with Crippen LogP contribution in [0, 0.1) is 5.92 Å². The highest BCUT2D eigenvalue weighted by atomic mass is 16.2. The maximum absolute atomic E-state index is 12.0. The predicted molar refractivity (Wildman–Crippen MR) is 82.8 cm³/mol. The summed E-state index contributed by atoms with van der Waals surface area (Å²) in [5.41, 5.74) is 1.14. The van der Waals surface area contributed by atoms with Crippen molar-refractivity contribution in [1.82, 2.24) is 10.2 Å². The van der Waals surface area contributed by atoms with Crippen LogP contribution in [0.1, 0.15) is 31.7 Å². The fourth-order valence-electron chi connectivity index (χ4n) is 2.69. The molecule has 1 aromatic carbocycles. The number of rotatable bonds is 5. The van der Waals surface area contributed by atoms with Gasteiger partial charge in [0, 0.05) is 19.5 Å². The van der Waals surface area contributed by atoms with Crippen molar-refractivity contribution in [3.05, 3.63) is 35.9 Å². The zero-order valence-corrected chi connectivity index (χ0v) is 12.7. The van der Waals surface area contributed by atoms with Crippen LogP contribution < -0.4 is 5.32 Å². The van der Waals surface area contributed by atoms with Crippen LogP contribution in [-0.4, -0.2) is 36.3 Å². The molecule has 1 fully saturated rings. The highest BCUT2D eigenvalue weighted by Gasteiger charge is 2.20. The molecule has 1 atom stereocenters. The van der Waals surface area contributed by atoms with E-state index in [4.69, 9.17) is 0 Å². The summed E-state index contributed by atoms with van der Waals surface area (Å²) in [5, 5.41) is 2.73. The van der Waals surface area contributed by atoms with Gasteiger partial charge in [-0.1, -0.05) is 37.3 Å². The lowest BCUT2D eigenvalue weighted by Crippen LogP contribution is -2.44. The van der Waals surface area contributed by atoms with Crippen molar-refractivity contribution >= 4 is 11.8 Å². The lowest BCUT2D eigenvalue weighted by Gasteiger charge is -2.31. The smallest absolute Gasteiger partial charge is 0.241 e. The summed E-state index contributed by atoms with van der Waals surface area (Å²) in [4.78, 5) is 25.7. The van der Waals surface area contributed by atoms with E-state index in [0.29, 0.717) is 18.8 Å². The second kappa shape index (κ2) is 7.81. The third kappa shape index (κ3) is 5.21. The number of nitrogens with one attached hydrogen (secondary N) is 1. The molecule has 1 N–H and O–H groups in total. The number of amides is 2. The molecule has 0 aromatic heterocycles. The summed E-state index contributed by atoms with van der Waals surface area (Å²) in [6, 6.07) is 9.91. The van der Waals surface area contributed by atoms with E-state index in [1.807, 2.05) is 35.2 Å². The van der Waals surface area contributed by atoms with Gasteiger partial charge in [-0.2, -0.15) is 0 Å². The minimum Gasteiger partial charge on any atom is -0.347 e. The van der Waals surface area contributed by atoms with E-state index < -0.39 is 0 Å². The molecular weight excluding hydrogens is 264 g/mol. The zero-order chi connectivity index (χ0) is 15.1. The van der Waals surface area contributed by atoms with Crippen molar-refractivity contribution in [3.8, 4) is 0 Å². The quantitative estimate of drug-likeness (QED) is 0.901. The SMILES string of the molecule is CC1CCCN(C(=O)CNC(=O)CCc2ccccc2)C1. The minimum atomic E-state index is -0.0581. The van der Waals surface area contributed by atoms with E-state index in [1.54, 1.807) is 0 Å². The Labute approximate surface area is 126 Å². The van der Waals surface area contributed by atoms with E-state index in [1.165, 1.54) is 6.42 Å². The highest BCUT2D eigenvalue weighted by molar-refractivity contribution is 5.84. The Hall–Kier alpha value is -1.84. The number of nitrogens with zero attached hydrogens (tertiary/aromatic N) is 1. The third-order valence-corrected chi connectivity index (χ3v) is 3.93. The highest BCUT2D eigenvalue weighted by Crippen LogP contribution is 2.15. The molecule has 4 nitrogen and oxygen atoms in total. The van der Waals surface area contributed by atoms with Crippen LogP contribution in [0.15, 0.2) is 30.3 Å². The maximum atomic E-state index is 12.0. The third-order valence-electron chi connectivity index (χ3n) is 3.93. The van der Waals surface area contributed by atoms with Crippen LogP contribution >= 0.6 is 0 Å². The van der Waals surface area contributed by atoms with Crippen LogP contribution in [0.2, 0.25) is 0 Å². The molecule has 1 unspecified atom stereocenters. The summed E-state index contributed by atoms with van der Waals surface area (Å²) < 4.78 is 0. The number of carbonyl (C=O) groups is 2. The lowest BCUT2D eigenvalue weighted by atomic mass is 10.0.